The number of carboxylic acids is 1. The highest BCUT2D eigenvalue weighted by atomic mass is 79.9. The molecule has 0 radical (unpaired) electrons. The third-order valence-electron chi connectivity index (χ3n) is 6.19. The summed E-state index contributed by atoms with van der Waals surface area (Å²) in [5, 5.41) is 16.9. The molecule has 2 atom stereocenters. The van der Waals surface area contributed by atoms with Crippen molar-refractivity contribution in [3.05, 3.63) is 86.9 Å². The van der Waals surface area contributed by atoms with E-state index >= 15 is 0 Å². The van der Waals surface area contributed by atoms with Crippen LogP contribution in [0.1, 0.15) is 51.3 Å². The van der Waals surface area contributed by atoms with Gasteiger partial charge in [-0.05, 0) is 42.8 Å². The first kappa shape index (κ1) is 22.3. The minimum atomic E-state index is -1.13. The number of benzene rings is 3. The quantitative estimate of drug-likeness (QED) is 0.461. The van der Waals surface area contributed by atoms with Gasteiger partial charge in [-0.25, -0.2) is 9.80 Å². The minimum absolute atomic E-state index is 0.00912. The molecule has 2 aliphatic heterocycles. The fourth-order valence-electron chi connectivity index (χ4n) is 4.55. The Hall–Kier alpha value is -3.52. The van der Waals surface area contributed by atoms with Crippen LogP contribution in [0.2, 0.25) is 0 Å². The lowest BCUT2D eigenvalue weighted by Crippen LogP contribution is -2.34. The summed E-state index contributed by atoms with van der Waals surface area (Å²) in [5.41, 5.74) is 4.55. The number of hydrogen-bond acceptors (Lipinski definition) is 6. The summed E-state index contributed by atoms with van der Waals surface area (Å²) in [5.74, 6) is 0.0529. The molecule has 0 amide bonds. The van der Waals surface area contributed by atoms with Crippen LogP contribution in [0.4, 0.5) is 0 Å². The normalized spacial score (nSPS) is 18.5. The third-order valence-corrected chi connectivity index (χ3v) is 6.69. The van der Waals surface area contributed by atoms with Crippen LogP contribution in [-0.4, -0.2) is 36.0 Å². The molecule has 1 N–H and O–H groups in total. The average Bonchev–Trinajstić information content (AvgIpc) is 3.29. The molecule has 3 aromatic rings. The van der Waals surface area contributed by atoms with E-state index in [0.717, 1.165) is 21.3 Å². The number of nitrogens with zero attached hydrogens (tertiary/aromatic N) is 2. The van der Waals surface area contributed by atoms with E-state index < -0.39 is 12.2 Å². The molecule has 8 heteroatoms. The molecule has 5 rings (SSSR count). The fourth-order valence-corrected chi connectivity index (χ4v) is 4.93. The lowest BCUT2D eigenvalue weighted by Gasteiger charge is -2.38. The van der Waals surface area contributed by atoms with Crippen molar-refractivity contribution in [3.63, 3.8) is 0 Å². The second-order valence-electron chi connectivity index (χ2n) is 8.24. The van der Waals surface area contributed by atoms with Crippen LogP contribution in [0.25, 0.3) is 0 Å². The van der Waals surface area contributed by atoms with Gasteiger partial charge in [-0.3, -0.25) is 0 Å². The maximum absolute atomic E-state index is 12.4. The maximum Gasteiger partial charge on any atom is 0.340 e. The van der Waals surface area contributed by atoms with Crippen molar-refractivity contribution in [1.29, 1.82) is 0 Å². The van der Waals surface area contributed by atoms with Gasteiger partial charge in [0.25, 0.3) is 0 Å². The molecule has 0 fully saturated rings. The Labute approximate surface area is 205 Å². The number of methoxy groups -OCH3 is 2. The third kappa shape index (κ3) is 3.68. The van der Waals surface area contributed by atoms with Crippen LogP contribution in [0, 0.1) is 6.92 Å². The molecule has 0 aliphatic carbocycles. The summed E-state index contributed by atoms with van der Waals surface area (Å²) < 4.78 is 18.1. The Bertz CT molecular complexity index is 1310. The first-order valence-corrected chi connectivity index (χ1v) is 11.6. The molecule has 2 aliphatic rings. The van der Waals surface area contributed by atoms with Gasteiger partial charge in [-0.15, -0.1) is 0 Å². The van der Waals surface area contributed by atoms with E-state index in [4.69, 9.17) is 19.3 Å². The molecule has 174 valence electrons. The van der Waals surface area contributed by atoms with Crippen molar-refractivity contribution >= 4 is 27.6 Å². The number of rotatable bonds is 5. The number of aromatic carboxylic acids is 1. The van der Waals surface area contributed by atoms with Gasteiger partial charge in [0.05, 0.1) is 26.0 Å². The number of carbonyl (C=O) groups is 1. The van der Waals surface area contributed by atoms with Crippen LogP contribution in [-0.2, 0) is 0 Å². The molecule has 0 saturated carbocycles. The molecule has 7 nitrogen and oxygen atoms in total. The fraction of sp³-hybridized carbons (Fsp3) is 0.231. The van der Waals surface area contributed by atoms with E-state index in [0.29, 0.717) is 23.5 Å². The van der Waals surface area contributed by atoms with Gasteiger partial charge in [-0.1, -0.05) is 45.8 Å². The van der Waals surface area contributed by atoms with Crippen LogP contribution in [0.5, 0.6) is 17.2 Å². The molecular formula is C26H23BrN2O5. The highest BCUT2D eigenvalue weighted by Gasteiger charge is 2.43. The largest absolute Gasteiger partial charge is 0.493 e. The van der Waals surface area contributed by atoms with Gasteiger partial charge in [0.15, 0.2) is 11.5 Å². The predicted octanol–water partition coefficient (Wildman–Crippen LogP) is 5.72. The van der Waals surface area contributed by atoms with Crippen LogP contribution in [0.15, 0.2) is 64.2 Å². The topological polar surface area (TPSA) is 80.6 Å². The molecule has 0 spiro atoms. The van der Waals surface area contributed by atoms with Crippen molar-refractivity contribution in [1.82, 2.24) is 5.01 Å². The first-order chi connectivity index (χ1) is 16.4. The Morgan fingerprint density at radius 1 is 1.09 bits per heavy atom. The van der Waals surface area contributed by atoms with Gasteiger partial charge < -0.3 is 19.3 Å². The van der Waals surface area contributed by atoms with Crippen LogP contribution >= 0.6 is 15.9 Å². The van der Waals surface area contributed by atoms with Gasteiger partial charge in [0.1, 0.15) is 11.3 Å². The van der Waals surface area contributed by atoms with Crippen molar-refractivity contribution in [2.45, 2.75) is 25.6 Å². The SMILES string of the molecule is COc1ccc([C@H]2Oc3ccc(Br)cc3[C@@H]3CC(c4ccc(C)cc4)=NN23)c(C(=O)O)c1OC. The van der Waals surface area contributed by atoms with E-state index in [1.807, 2.05) is 30.1 Å². The molecule has 0 aromatic heterocycles. The molecule has 34 heavy (non-hydrogen) atoms. The number of hydrazone groups is 1. The van der Waals surface area contributed by atoms with Crippen molar-refractivity contribution in [3.8, 4) is 17.2 Å². The maximum atomic E-state index is 12.4. The van der Waals surface area contributed by atoms with Gasteiger partial charge in [-0.2, -0.15) is 5.10 Å². The summed E-state index contributed by atoms with van der Waals surface area (Å²) in [6.07, 6.45) is -0.0882. The number of aryl methyl sites for hydroxylation is 1. The van der Waals surface area contributed by atoms with Gasteiger partial charge in [0.2, 0.25) is 6.23 Å². The van der Waals surface area contributed by atoms with Crippen molar-refractivity contribution < 1.29 is 24.1 Å². The zero-order chi connectivity index (χ0) is 24.0. The van der Waals surface area contributed by atoms with E-state index in [2.05, 4.69) is 40.2 Å². The standard InChI is InChI=1S/C26H23BrN2O5/c1-14-4-6-15(7-5-14)19-13-20-18-12-16(27)8-10-21(18)34-25(29(20)28-19)17-9-11-22(32-2)24(33-3)23(17)26(30)31/h4-12,20,25H,13H2,1-3H3,(H,30,31)/t20-,25+/m0/s1. The lowest BCUT2D eigenvalue weighted by molar-refractivity contribution is -0.0199. The highest BCUT2D eigenvalue weighted by Crippen LogP contribution is 2.50. The summed E-state index contributed by atoms with van der Waals surface area (Å²) in [7, 11) is 2.90. The number of hydrogen-bond donors (Lipinski definition) is 1. The zero-order valence-electron chi connectivity index (χ0n) is 18.9. The first-order valence-electron chi connectivity index (χ1n) is 10.8. The Kier molecular flexibility index (Phi) is 5.69. The van der Waals surface area contributed by atoms with E-state index in [9.17, 15) is 9.90 Å². The molecular weight excluding hydrogens is 500 g/mol. The monoisotopic (exact) mass is 522 g/mol. The van der Waals surface area contributed by atoms with E-state index in [1.165, 1.54) is 19.8 Å². The van der Waals surface area contributed by atoms with Crippen LogP contribution in [0.3, 0.4) is 0 Å². The summed E-state index contributed by atoms with van der Waals surface area (Å²) >= 11 is 3.56. The summed E-state index contributed by atoms with van der Waals surface area (Å²) in [4.78, 5) is 12.4. The Morgan fingerprint density at radius 3 is 2.53 bits per heavy atom. The highest BCUT2D eigenvalue weighted by molar-refractivity contribution is 9.10. The molecule has 2 heterocycles. The Morgan fingerprint density at radius 2 is 1.85 bits per heavy atom. The lowest BCUT2D eigenvalue weighted by atomic mass is 9.94. The average molecular weight is 523 g/mol. The van der Waals surface area contributed by atoms with E-state index in [-0.39, 0.29) is 17.4 Å². The van der Waals surface area contributed by atoms with Gasteiger partial charge in [0, 0.05) is 22.0 Å². The number of ether oxygens (including phenoxy) is 3. The van der Waals surface area contributed by atoms with Crippen LogP contribution < -0.4 is 14.2 Å². The van der Waals surface area contributed by atoms with Crippen molar-refractivity contribution in [2.75, 3.05) is 14.2 Å². The number of halogens is 1. The van der Waals surface area contributed by atoms with E-state index in [1.54, 1.807) is 12.1 Å². The second-order valence-corrected chi connectivity index (χ2v) is 9.15. The Balaban J connectivity index is 1.67. The second kappa shape index (κ2) is 8.68. The molecule has 3 aromatic carbocycles. The van der Waals surface area contributed by atoms with Crippen molar-refractivity contribution in [2.24, 2.45) is 5.10 Å². The van der Waals surface area contributed by atoms with Gasteiger partial charge >= 0.3 is 5.97 Å². The molecule has 0 unspecified atom stereocenters. The predicted molar refractivity (Wildman–Crippen MR) is 131 cm³/mol. The zero-order valence-corrected chi connectivity index (χ0v) is 20.5. The summed E-state index contributed by atoms with van der Waals surface area (Å²) in [6.45, 7) is 2.05. The summed E-state index contributed by atoms with van der Waals surface area (Å²) in [6, 6.07) is 17.4. The molecule has 0 saturated heterocycles. The minimum Gasteiger partial charge on any atom is -0.493 e. The number of fused-ring (bicyclic) bond motifs is 3. The molecule has 0 bridgehead atoms. The smallest absolute Gasteiger partial charge is 0.340 e. The number of carboxylic acid groups (broad SMARTS) is 1.